The Morgan fingerprint density at radius 3 is 2.52 bits per heavy atom. The van der Waals surface area contributed by atoms with E-state index in [1.165, 1.54) is 0 Å². The van der Waals surface area contributed by atoms with Gasteiger partial charge in [-0.25, -0.2) is 0 Å². The van der Waals surface area contributed by atoms with Gasteiger partial charge in [0.15, 0.2) is 0 Å². The summed E-state index contributed by atoms with van der Waals surface area (Å²) >= 11 is 3.38. The van der Waals surface area contributed by atoms with Gasteiger partial charge >= 0.3 is 0 Å². The van der Waals surface area contributed by atoms with E-state index >= 15 is 0 Å². The number of carbonyl (C=O) groups excluding carboxylic acids is 1. The number of hydrogen-bond donors (Lipinski definition) is 2. The van der Waals surface area contributed by atoms with Gasteiger partial charge in [-0.1, -0.05) is 0 Å². The van der Waals surface area contributed by atoms with Crippen LogP contribution in [-0.4, -0.2) is 56.9 Å². The van der Waals surface area contributed by atoms with Gasteiger partial charge in [0.1, 0.15) is 0 Å². The Bertz CT molecular complexity index is 500. The van der Waals surface area contributed by atoms with Crippen LogP contribution in [0.15, 0.2) is 22.7 Å². The highest BCUT2D eigenvalue weighted by Crippen LogP contribution is 2.24. The van der Waals surface area contributed by atoms with E-state index < -0.39 is 0 Å². The highest BCUT2D eigenvalue weighted by atomic mass is 79.9. The summed E-state index contributed by atoms with van der Waals surface area (Å²) in [6.45, 7) is 1.67. The first-order chi connectivity index (χ1) is 10.0. The van der Waals surface area contributed by atoms with Gasteiger partial charge in [-0.05, 0) is 34.1 Å². The number of nitrogen functional groups attached to an aromatic ring is 1. The van der Waals surface area contributed by atoms with E-state index in [0.717, 1.165) is 4.47 Å². The Hall–Kier alpha value is -1.15. The number of rotatable bonds is 5. The van der Waals surface area contributed by atoms with Crippen molar-refractivity contribution in [1.82, 2.24) is 4.90 Å². The molecule has 0 aliphatic carbocycles. The summed E-state index contributed by atoms with van der Waals surface area (Å²) in [5.74, 6) is -0.0768. The molecule has 116 valence electrons. The predicted octanol–water partition coefficient (Wildman–Crippen LogP) is 1.32. The van der Waals surface area contributed by atoms with E-state index in [2.05, 4.69) is 21.2 Å². The number of nitrogens with one attached hydrogen (secondary N) is 1. The minimum atomic E-state index is -0.0768. The number of likely N-dealkylation sites (tertiary alicyclic amines) is 1. The zero-order valence-electron chi connectivity index (χ0n) is 12.1. The average Bonchev–Trinajstić information content (AvgIpc) is 2.84. The van der Waals surface area contributed by atoms with Crippen LogP contribution in [0.1, 0.15) is 0 Å². The molecule has 1 aliphatic heterocycles. The summed E-state index contributed by atoms with van der Waals surface area (Å²) in [5, 5.41) is 2.87. The number of halogens is 1. The molecule has 1 aromatic rings. The van der Waals surface area contributed by atoms with Crippen molar-refractivity contribution in [1.29, 1.82) is 0 Å². The smallest absolute Gasteiger partial charge is 0.238 e. The third kappa shape index (κ3) is 4.16. The van der Waals surface area contributed by atoms with Gasteiger partial charge in [0.25, 0.3) is 0 Å². The average molecular weight is 358 g/mol. The number of benzene rings is 1. The molecule has 6 nitrogen and oxygen atoms in total. The van der Waals surface area contributed by atoms with Crippen LogP contribution in [0.3, 0.4) is 0 Å². The molecular formula is C14H20BrN3O3. The maximum Gasteiger partial charge on any atom is 0.238 e. The number of anilines is 2. The molecule has 0 radical (unpaired) electrons. The first-order valence-corrected chi connectivity index (χ1v) is 7.45. The highest BCUT2D eigenvalue weighted by molar-refractivity contribution is 9.10. The third-order valence-corrected chi connectivity index (χ3v) is 4.19. The number of carbonyl (C=O) groups is 1. The summed E-state index contributed by atoms with van der Waals surface area (Å²) in [4.78, 5) is 14.1. The Labute approximate surface area is 132 Å². The molecule has 1 aromatic carbocycles. The van der Waals surface area contributed by atoms with Crippen LogP contribution >= 0.6 is 15.9 Å². The van der Waals surface area contributed by atoms with Crippen LogP contribution in [-0.2, 0) is 14.3 Å². The van der Waals surface area contributed by atoms with Crippen molar-refractivity contribution in [2.75, 3.05) is 44.9 Å². The van der Waals surface area contributed by atoms with Crippen molar-refractivity contribution in [2.45, 2.75) is 12.2 Å². The molecule has 1 saturated heterocycles. The maximum atomic E-state index is 12.1. The van der Waals surface area contributed by atoms with Crippen LogP contribution in [0.5, 0.6) is 0 Å². The SMILES string of the molecule is COC1CN(CC(=O)Nc2ccc(N)cc2Br)CC1OC. The first-order valence-electron chi connectivity index (χ1n) is 6.66. The van der Waals surface area contributed by atoms with Gasteiger partial charge < -0.3 is 20.5 Å². The molecule has 2 atom stereocenters. The Kier molecular flexibility index (Phi) is 5.58. The first kappa shape index (κ1) is 16.2. The molecule has 2 rings (SSSR count). The molecular weight excluding hydrogens is 338 g/mol. The third-order valence-electron chi connectivity index (χ3n) is 3.53. The predicted molar refractivity (Wildman–Crippen MR) is 85.2 cm³/mol. The van der Waals surface area contributed by atoms with E-state index in [9.17, 15) is 4.79 Å². The van der Waals surface area contributed by atoms with E-state index in [1.54, 1.807) is 32.4 Å². The molecule has 21 heavy (non-hydrogen) atoms. The summed E-state index contributed by atoms with van der Waals surface area (Å²) < 4.78 is 11.5. The normalized spacial score (nSPS) is 22.4. The van der Waals surface area contributed by atoms with Crippen LogP contribution in [0.25, 0.3) is 0 Å². The van der Waals surface area contributed by atoms with Crippen molar-refractivity contribution in [2.24, 2.45) is 0 Å². The number of amides is 1. The van der Waals surface area contributed by atoms with Crippen LogP contribution in [0.4, 0.5) is 11.4 Å². The molecule has 1 aliphatic rings. The minimum absolute atomic E-state index is 0.00561. The molecule has 3 N–H and O–H groups in total. The molecule has 1 fully saturated rings. The fourth-order valence-corrected chi connectivity index (χ4v) is 2.92. The topological polar surface area (TPSA) is 76.8 Å². The Balaban J connectivity index is 1.90. The molecule has 7 heteroatoms. The van der Waals surface area contributed by atoms with E-state index in [-0.39, 0.29) is 18.1 Å². The summed E-state index contributed by atoms with van der Waals surface area (Å²) in [6, 6.07) is 5.28. The summed E-state index contributed by atoms with van der Waals surface area (Å²) in [5.41, 5.74) is 7.02. The molecule has 0 spiro atoms. The van der Waals surface area contributed by atoms with Crippen LogP contribution in [0, 0.1) is 0 Å². The number of methoxy groups -OCH3 is 2. The number of hydrogen-bond acceptors (Lipinski definition) is 5. The Morgan fingerprint density at radius 2 is 2.00 bits per heavy atom. The van der Waals surface area contributed by atoms with E-state index in [1.807, 2.05) is 4.90 Å². The van der Waals surface area contributed by atoms with Crippen molar-refractivity contribution in [3.63, 3.8) is 0 Å². The lowest BCUT2D eigenvalue weighted by Gasteiger charge is -2.15. The monoisotopic (exact) mass is 357 g/mol. The fraction of sp³-hybridized carbons (Fsp3) is 0.500. The summed E-state index contributed by atoms with van der Waals surface area (Å²) in [6.07, 6.45) is 0.0112. The van der Waals surface area contributed by atoms with Crippen LogP contribution in [0.2, 0.25) is 0 Å². The van der Waals surface area contributed by atoms with Gasteiger partial charge in [0.05, 0.1) is 24.4 Å². The fourth-order valence-electron chi connectivity index (χ4n) is 2.43. The lowest BCUT2D eigenvalue weighted by atomic mass is 10.3. The van der Waals surface area contributed by atoms with Crippen molar-refractivity contribution in [3.05, 3.63) is 22.7 Å². The van der Waals surface area contributed by atoms with Crippen molar-refractivity contribution >= 4 is 33.2 Å². The largest absolute Gasteiger partial charge is 0.399 e. The summed E-state index contributed by atoms with van der Waals surface area (Å²) in [7, 11) is 3.32. The number of nitrogens with zero attached hydrogens (tertiary/aromatic N) is 1. The Morgan fingerprint density at radius 1 is 1.38 bits per heavy atom. The van der Waals surface area contributed by atoms with Crippen molar-refractivity contribution < 1.29 is 14.3 Å². The van der Waals surface area contributed by atoms with Gasteiger partial charge in [-0.3, -0.25) is 9.69 Å². The van der Waals surface area contributed by atoms with E-state index in [4.69, 9.17) is 15.2 Å². The molecule has 1 heterocycles. The number of ether oxygens (including phenoxy) is 2. The second-order valence-electron chi connectivity index (χ2n) is 5.03. The molecule has 1 amide bonds. The molecule has 2 unspecified atom stereocenters. The maximum absolute atomic E-state index is 12.1. The number of nitrogens with two attached hydrogens (primary N) is 1. The zero-order valence-corrected chi connectivity index (χ0v) is 13.7. The quantitative estimate of drug-likeness (QED) is 0.777. The van der Waals surface area contributed by atoms with Gasteiger partial charge in [-0.2, -0.15) is 0 Å². The zero-order chi connectivity index (χ0) is 15.4. The van der Waals surface area contributed by atoms with Crippen molar-refractivity contribution in [3.8, 4) is 0 Å². The second kappa shape index (κ2) is 7.22. The minimum Gasteiger partial charge on any atom is -0.399 e. The lowest BCUT2D eigenvalue weighted by Crippen LogP contribution is -2.32. The van der Waals surface area contributed by atoms with Crippen LogP contribution < -0.4 is 11.1 Å². The van der Waals surface area contributed by atoms with Gasteiger partial charge in [-0.15, -0.1) is 0 Å². The standard InChI is InChI=1S/C14H20BrN3O3/c1-20-12-6-18(7-13(12)21-2)8-14(19)17-11-4-3-9(16)5-10(11)15/h3-5,12-13H,6-8,16H2,1-2H3,(H,17,19). The molecule has 0 aromatic heterocycles. The molecule has 0 bridgehead atoms. The molecule has 0 saturated carbocycles. The van der Waals surface area contributed by atoms with Gasteiger partial charge in [0.2, 0.25) is 5.91 Å². The second-order valence-corrected chi connectivity index (χ2v) is 5.88. The van der Waals surface area contributed by atoms with E-state index in [0.29, 0.717) is 31.0 Å². The highest BCUT2D eigenvalue weighted by Gasteiger charge is 2.33. The lowest BCUT2D eigenvalue weighted by molar-refractivity contribution is -0.117. The van der Waals surface area contributed by atoms with Gasteiger partial charge in [0, 0.05) is 37.5 Å².